The molecule has 7 heteroatoms. The fourth-order valence-corrected chi connectivity index (χ4v) is 3.86. The smallest absolute Gasteiger partial charge is 0.277 e. The van der Waals surface area contributed by atoms with Gasteiger partial charge in [0.05, 0.1) is 5.25 Å². The van der Waals surface area contributed by atoms with Crippen LogP contribution in [0.15, 0.2) is 33.9 Å². The maximum Gasteiger partial charge on any atom is 0.277 e. The van der Waals surface area contributed by atoms with Gasteiger partial charge in [0, 0.05) is 30.9 Å². The SMILES string of the molecule is CCN(CC)c1ccc(-c2nnc(SC3CCCCNC3=O)o2)cc1. The van der Waals surface area contributed by atoms with Crippen molar-refractivity contribution in [3.63, 3.8) is 0 Å². The summed E-state index contributed by atoms with van der Waals surface area (Å²) in [7, 11) is 0. The van der Waals surface area contributed by atoms with Crippen LogP contribution in [0.4, 0.5) is 5.69 Å². The lowest BCUT2D eigenvalue weighted by molar-refractivity contribution is -0.120. The maximum atomic E-state index is 12.0. The monoisotopic (exact) mass is 360 g/mol. The molecule has 1 atom stereocenters. The zero-order valence-corrected chi connectivity index (χ0v) is 15.5. The summed E-state index contributed by atoms with van der Waals surface area (Å²) < 4.78 is 5.76. The lowest BCUT2D eigenvalue weighted by atomic mass is 10.2. The van der Waals surface area contributed by atoms with E-state index in [9.17, 15) is 4.79 Å². The Labute approximate surface area is 152 Å². The van der Waals surface area contributed by atoms with Crippen LogP contribution in [0.1, 0.15) is 33.1 Å². The summed E-state index contributed by atoms with van der Waals surface area (Å²) >= 11 is 1.36. The molecule has 1 amide bonds. The van der Waals surface area contributed by atoms with E-state index < -0.39 is 0 Å². The average molecular weight is 360 g/mol. The second-order valence-electron chi connectivity index (χ2n) is 5.99. The molecule has 1 aromatic carbocycles. The number of rotatable bonds is 6. The van der Waals surface area contributed by atoms with Crippen LogP contribution in [0, 0.1) is 0 Å². The van der Waals surface area contributed by atoms with E-state index in [1.54, 1.807) is 0 Å². The zero-order chi connectivity index (χ0) is 17.6. The van der Waals surface area contributed by atoms with Crippen LogP contribution in [0.5, 0.6) is 0 Å². The second-order valence-corrected chi connectivity index (χ2v) is 7.14. The van der Waals surface area contributed by atoms with Gasteiger partial charge < -0.3 is 14.6 Å². The molecule has 3 rings (SSSR count). The predicted molar refractivity (Wildman–Crippen MR) is 99.8 cm³/mol. The Bertz CT molecular complexity index is 697. The lowest BCUT2D eigenvalue weighted by Gasteiger charge is -2.20. The molecule has 25 heavy (non-hydrogen) atoms. The first-order valence-electron chi connectivity index (χ1n) is 8.84. The highest BCUT2D eigenvalue weighted by Gasteiger charge is 2.24. The fraction of sp³-hybridized carbons (Fsp3) is 0.500. The second kappa shape index (κ2) is 8.38. The molecular weight excluding hydrogens is 336 g/mol. The molecule has 0 bridgehead atoms. The van der Waals surface area contributed by atoms with Crippen LogP contribution >= 0.6 is 11.8 Å². The maximum absolute atomic E-state index is 12.0. The molecule has 2 heterocycles. The van der Waals surface area contributed by atoms with Crippen LogP contribution < -0.4 is 10.2 Å². The third-order valence-electron chi connectivity index (χ3n) is 4.38. The number of thioether (sulfide) groups is 1. The number of hydrogen-bond acceptors (Lipinski definition) is 6. The lowest BCUT2D eigenvalue weighted by Crippen LogP contribution is -2.30. The van der Waals surface area contributed by atoms with Crippen LogP contribution in [0.3, 0.4) is 0 Å². The van der Waals surface area contributed by atoms with Crippen molar-refractivity contribution in [1.82, 2.24) is 15.5 Å². The predicted octanol–water partition coefficient (Wildman–Crippen LogP) is 3.34. The van der Waals surface area contributed by atoms with Gasteiger partial charge in [0.2, 0.25) is 11.8 Å². The van der Waals surface area contributed by atoms with E-state index in [0.29, 0.717) is 11.1 Å². The zero-order valence-electron chi connectivity index (χ0n) is 14.7. The molecule has 6 nitrogen and oxygen atoms in total. The largest absolute Gasteiger partial charge is 0.411 e. The summed E-state index contributed by atoms with van der Waals surface area (Å²) in [5, 5.41) is 11.5. The summed E-state index contributed by atoms with van der Waals surface area (Å²) in [5.41, 5.74) is 2.07. The molecule has 1 saturated heterocycles. The van der Waals surface area contributed by atoms with Crippen molar-refractivity contribution in [2.24, 2.45) is 0 Å². The summed E-state index contributed by atoms with van der Waals surface area (Å²) in [6.07, 6.45) is 2.90. The summed E-state index contributed by atoms with van der Waals surface area (Å²) in [6.45, 7) is 6.98. The summed E-state index contributed by atoms with van der Waals surface area (Å²) in [5.74, 6) is 0.549. The standard InChI is InChI=1S/C18H24N4O2S/c1-3-22(4-2)14-10-8-13(9-11-14)17-20-21-18(24-17)25-15-7-5-6-12-19-16(15)23/h8-11,15H,3-7,12H2,1-2H3,(H,19,23). The number of carbonyl (C=O) groups excluding carboxylic acids is 1. The van der Waals surface area contributed by atoms with E-state index in [0.717, 1.165) is 44.5 Å². The van der Waals surface area contributed by atoms with E-state index in [-0.39, 0.29) is 11.2 Å². The van der Waals surface area contributed by atoms with Gasteiger partial charge in [0.15, 0.2) is 0 Å². The summed E-state index contributed by atoms with van der Waals surface area (Å²) in [6, 6.07) is 8.12. The number of anilines is 1. The molecule has 1 fully saturated rings. The molecule has 0 aliphatic carbocycles. The highest BCUT2D eigenvalue weighted by atomic mass is 32.2. The van der Waals surface area contributed by atoms with Gasteiger partial charge in [-0.2, -0.15) is 0 Å². The minimum atomic E-state index is -0.152. The molecule has 1 aromatic heterocycles. The highest BCUT2D eigenvalue weighted by molar-refractivity contribution is 8.00. The third kappa shape index (κ3) is 4.34. The Kier molecular flexibility index (Phi) is 5.96. The first-order chi connectivity index (χ1) is 12.2. The Morgan fingerprint density at radius 1 is 1.20 bits per heavy atom. The van der Waals surface area contributed by atoms with Gasteiger partial charge in [-0.1, -0.05) is 18.2 Å². The minimum absolute atomic E-state index is 0.0609. The Balaban J connectivity index is 1.69. The van der Waals surface area contributed by atoms with Gasteiger partial charge in [-0.25, -0.2) is 0 Å². The van der Waals surface area contributed by atoms with Crippen molar-refractivity contribution in [3.8, 4) is 11.5 Å². The van der Waals surface area contributed by atoms with Gasteiger partial charge in [0.25, 0.3) is 5.22 Å². The number of nitrogens with zero attached hydrogens (tertiary/aromatic N) is 3. The Hall–Kier alpha value is -2.02. The molecule has 0 spiro atoms. The van der Waals surface area contributed by atoms with Crippen molar-refractivity contribution in [3.05, 3.63) is 24.3 Å². The molecule has 1 N–H and O–H groups in total. The molecular formula is C18H24N4O2S. The van der Waals surface area contributed by atoms with Crippen molar-refractivity contribution >= 4 is 23.4 Å². The molecule has 1 aliphatic heterocycles. The van der Waals surface area contributed by atoms with Gasteiger partial charge in [-0.05, 0) is 51.0 Å². The van der Waals surface area contributed by atoms with Crippen LogP contribution in [-0.4, -0.2) is 41.0 Å². The van der Waals surface area contributed by atoms with Crippen molar-refractivity contribution in [2.45, 2.75) is 43.6 Å². The van der Waals surface area contributed by atoms with E-state index in [4.69, 9.17) is 4.42 Å². The Morgan fingerprint density at radius 3 is 2.68 bits per heavy atom. The summed E-state index contributed by atoms with van der Waals surface area (Å²) in [4.78, 5) is 14.3. The molecule has 0 saturated carbocycles. The first-order valence-corrected chi connectivity index (χ1v) is 9.72. The molecule has 0 radical (unpaired) electrons. The van der Waals surface area contributed by atoms with Gasteiger partial charge in [0.1, 0.15) is 0 Å². The minimum Gasteiger partial charge on any atom is -0.411 e. The number of benzene rings is 1. The van der Waals surface area contributed by atoms with Gasteiger partial charge in [-0.3, -0.25) is 4.79 Å². The normalized spacial score (nSPS) is 17.8. The van der Waals surface area contributed by atoms with E-state index in [1.807, 2.05) is 12.1 Å². The van der Waals surface area contributed by atoms with Crippen LogP contribution in [-0.2, 0) is 4.79 Å². The Morgan fingerprint density at radius 2 is 1.96 bits per heavy atom. The number of carbonyl (C=O) groups is 1. The van der Waals surface area contributed by atoms with Crippen LogP contribution in [0.25, 0.3) is 11.5 Å². The van der Waals surface area contributed by atoms with E-state index in [1.165, 1.54) is 17.4 Å². The van der Waals surface area contributed by atoms with Crippen LogP contribution in [0.2, 0.25) is 0 Å². The number of aromatic nitrogens is 2. The van der Waals surface area contributed by atoms with Crippen molar-refractivity contribution < 1.29 is 9.21 Å². The molecule has 1 aliphatic rings. The quantitative estimate of drug-likeness (QED) is 0.852. The number of nitrogens with one attached hydrogen (secondary N) is 1. The molecule has 1 unspecified atom stereocenters. The average Bonchev–Trinajstić information content (AvgIpc) is 3.01. The van der Waals surface area contributed by atoms with Gasteiger partial charge >= 0.3 is 0 Å². The first kappa shape index (κ1) is 17.8. The number of hydrogen-bond donors (Lipinski definition) is 1. The molecule has 134 valence electrons. The topological polar surface area (TPSA) is 71.3 Å². The highest BCUT2D eigenvalue weighted by Crippen LogP contribution is 2.30. The van der Waals surface area contributed by atoms with E-state index in [2.05, 4.69) is 46.4 Å². The van der Waals surface area contributed by atoms with Crippen molar-refractivity contribution in [1.29, 1.82) is 0 Å². The fourth-order valence-electron chi connectivity index (χ4n) is 2.92. The third-order valence-corrected chi connectivity index (χ3v) is 5.48. The van der Waals surface area contributed by atoms with Crippen molar-refractivity contribution in [2.75, 3.05) is 24.5 Å². The van der Waals surface area contributed by atoms with E-state index >= 15 is 0 Å². The van der Waals surface area contributed by atoms with Gasteiger partial charge in [-0.15, -0.1) is 10.2 Å². The molecule has 2 aromatic rings. The number of amides is 1.